The van der Waals surface area contributed by atoms with Gasteiger partial charge in [0.15, 0.2) is 0 Å². The first kappa shape index (κ1) is 14.9. The molecule has 1 aromatic rings. The second kappa shape index (κ2) is 5.46. The molecule has 0 saturated carbocycles. The Hall–Kier alpha value is -1.52. The molecular weight excluding hydrogens is 278 g/mol. The molecule has 5 heteroatoms. The van der Waals surface area contributed by atoms with Crippen molar-refractivity contribution in [1.82, 2.24) is 4.90 Å². The highest BCUT2D eigenvalue weighted by Gasteiger charge is 2.24. The summed E-state index contributed by atoms with van der Waals surface area (Å²) in [6.45, 7) is 3.81. The third-order valence-corrected chi connectivity index (χ3v) is 3.17. The maximum absolute atomic E-state index is 12.3. The van der Waals surface area contributed by atoms with E-state index in [1.165, 1.54) is 4.90 Å². The van der Waals surface area contributed by atoms with E-state index in [2.05, 4.69) is 0 Å². The van der Waals surface area contributed by atoms with Gasteiger partial charge in [-0.2, -0.15) is 0 Å². The van der Waals surface area contributed by atoms with E-state index >= 15 is 0 Å². The van der Waals surface area contributed by atoms with Gasteiger partial charge in [0, 0.05) is 24.2 Å². The van der Waals surface area contributed by atoms with Crippen LogP contribution in [0.2, 0.25) is 5.02 Å². The average molecular weight is 296 g/mol. The number of carbonyl (C=O) groups is 1. The van der Waals surface area contributed by atoms with Crippen LogP contribution >= 0.6 is 11.6 Å². The number of rotatable bonds is 3. The lowest BCUT2D eigenvalue weighted by Gasteiger charge is -2.27. The van der Waals surface area contributed by atoms with Crippen LogP contribution in [0, 0.1) is 0 Å². The number of benzene rings is 1. The van der Waals surface area contributed by atoms with E-state index in [9.17, 15) is 9.90 Å². The number of aliphatic hydroxyl groups is 1. The summed E-state index contributed by atoms with van der Waals surface area (Å²) in [5, 5.41) is 10.4. The van der Waals surface area contributed by atoms with Crippen molar-refractivity contribution in [2.24, 2.45) is 0 Å². The van der Waals surface area contributed by atoms with Crippen LogP contribution in [0.25, 0.3) is 6.08 Å². The first-order chi connectivity index (χ1) is 9.26. The first-order valence-electron chi connectivity index (χ1n) is 6.37. The van der Waals surface area contributed by atoms with Gasteiger partial charge >= 0.3 is 0 Å². The molecule has 20 heavy (non-hydrogen) atoms. The number of hydrogen-bond donors (Lipinski definition) is 1. The SMILES string of the molecule is CN(CC(C)(C)O)C(=O)C1=Cc2cc(Cl)ccc2OC1. The molecule has 4 nitrogen and oxygen atoms in total. The summed E-state index contributed by atoms with van der Waals surface area (Å²) in [5.41, 5.74) is 0.414. The molecule has 0 bridgehead atoms. The third-order valence-electron chi connectivity index (χ3n) is 2.93. The summed E-state index contributed by atoms with van der Waals surface area (Å²) in [5.74, 6) is 0.564. The van der Waals surface area contributed by atoms with Crippen molar-refractivity contribution in [3.63, 3.8) is 0 Å². The number of likely N-dealkylation sites (N-methyl/N-ethyl adjacent to an activating group) is 1. The standard InChI is InChI=1S/C15H18ClNO3/c1-15(2,19)9-17(3)14(18)11-6-10-7-12(16)4-5-13(10)20-8-11/h4-7,19H,8-9H2,1-3H3. The molecule has 0 fully saturated rings. The molecule has 0 saturated heterocycles. The van der Waals surface area contributed by atoms with Gasteiger partial charge in [-0.1, -0.05) is 11.6 Å². The van der Waals surface area contributed by atoms with Crippen LogP contribution in [-0.2, 0) is 4.79 Å². The highest BCUT2D eigenvalue weighted by Crippen LogP contribution is 2.29. The number of amides is 1. The molecule has 1 aromatic carbocycles. The zero-order valence-electron chi connectivity index (χ0n) is 11.8. The Morgan fingerprint density at radius 2 is 2.20 bits per heavy atom. The van der Waals surface area contributed by atoms with E-state index in [1.807, 2.05) is 0 Å². The van der Waals surface area contributed by atoms with Gasteiger partial charge in [0.25, 0.3) is 5.91 Å². The lowest BCUT2D eigenvalue weighted by atomic mass is 10.1. The Kier molecular flexibility index (Phi) is 4.06. The lowest BCUT2D eigenvalue weighted by molar-refractivity contribution is -0.128. The Labute approximate surface area is 123 Å². The maximum atomic E-state index is 12.3. The summed E-state index contributed by atoms with van der Waals surface area (Å²) in [6, 6.07) is 5.30. The highest BCUT2D eigenvalue weighted by atomic mass is 35.5. The Balaban J connectivity index is 2.20. The minimum absolute atomic E-state index is 0.155. The molecule has 1 amide bonds. The van der Waals surface area contributed by atoms with Gasteiger partial charge in [-0.05, 0) is 38.1 Å². The van der Waals surface area contributed by atoms with Crippen molar-refractivity contribution in [3.8, 4) is 5.75 Å². The maximum Gasteiger partial charge on any atom is 0.253 e. The van der Waals surface area contributed by atoms with Gasteiger partial charge in [-0.25, -0.2) is 0 Å². The number of fused-ring (bicyclic) bond motifs is 1. The average Bonchev–Trinajstić information content (AvgIpc) is 2.34. The zero-order chi connectivity index (χ0) is 14.9. The fourth-order valence-corrected chi connectivity index (χ4v) is 2.35. The Bertz CT molecular complexity index is 561. The van der Waals surface area contributed by atoms with Crippen LogP contribution in [0.3, 0.4) is 0 Å². The van der Waals surface area contributed by atoms with Gasteiger partial charge in [-0.3, -0.25) is 4.79 Å². The van der Waals surface area contributed by atoms with Gasteiger partial charge < -0.3 is 14.7 Å². The molecule has 0 unspecified atom stereocenters. The fourth-order valence-electron chi connectivity index (χ4n) is 2.17. The van der Waals surface area contributed by atoms with Crippen LogP contribution in [-0.4, -0.2) is 41.7 Å². The van der Waals surface area contributed by atoms with Gasteiger partial charge in [0.1, 0.15) is 12.4 Å². The third kappa shape index (κ3) is 3.52. The molecule has 1 N–H and O–H groups in total. The van der Waals surface area contributed by atoms with E-state index in [4.69, 9.17) is 16.3 Å². The zero-order valence-corrected chi connectivity index (χ0v) is 12.6. The van der Waals surface area contributed by atoms with Crippen LogP contribution in [0.1, 0.15) is 19.4 Å². The summed E-state index contributed by atoms with van der Waals surface area (Å²) >= 11 is 5.94. The minimum atomic E-state index is -0.929. The topological polar surface area (TPSA) is 49.8 Å². The number of carbonyl (C=O) groups excluding carboxylic acids is 1. The van der Waals surface area contributed by atoms with Crippen LogP contribution in [0.5, 0.6) is 5.75 Å². The van der Waals surface area contributed by atoms with Crippen LogP contribution < -0.4 is 4.74 Å². The van der Waals surface area contributed by atoms with Gasteiger partial charge in [-0.15, -0.1) is 0 Å². The number of nitrogens with zero attached hydrogens (tertiary/aromatic N) is 1. The van der Waals surface area contributed by atoms with Crippen LogP contribution in [0.4, 0.5) is 0 Å². The van der Waals surface area contributed by atoms with Crippen molar-refractivity contribution < 1.29 is 14.6 Å². The molecule has 2 rings (SSSR count). The van der Waals surface area contributed by atoms with E-state index in [1.54, 1.807) is 45.2 Å². The second-order valence-corrected chi connectivity index (χ2v) is 6.05. The molecule has 1 heterocycles. The van der Waals surface area contributed by atoms with Gasteiger partial charge in [0.2, 0.25) is 0 Å². The Morgan fingerprint density at radius 3 is 2.85 bits per heavy atom. The predicted octanol–water partition coefficient (Wildman–Crippen LogP) is 2.35. The van der Waals surface area contributed by atoms with E-state index < -0.39 is 5.60 Å². The van der Waals surface area contributed by atoms with E-state index in [-0.39, 0.29) is 19.1 Å². The van der Waals surface area contributed by atoms with Crippen LogP contribution in [0.15, 0.2) is 23.8 Å². The van der Waals surface area contributed by atoms with Crippen molar-refractivity contribution in [2.75, 3.05) is 20.2 Å². The van der Waals surface area contributed by atoms with E-state index in [0.29, 0.717) is 10.6 Å². The molecule has 1 aliphatic rings. The summed E-state index contributed by atoms with van der Waals surface area (Å²) in [6.07, 6.45) is 1.79. The molecular formula is C15H18ClNO3. The van der Waals surface area contributed by atoms with Crippen molar-refractivity contribution in [1.29, 1.82) is 0 Å². The van der Waals surface area contributed by atoms with Crippen molar-refractivity contribution >= 4 is 23.6 Å². The monoisotopic (exact) mass is 295 g/mol. The number of ether oxygens (including phenoxy) is 1. The van der Waals surface area contributed by atoms with Crippen molar-refractivity contribution in [3.05, 3.63) is 34.4 Å². The first-order valence-corrected chi connectivity index (χ1v) is 6.75. The molecule has 0 radical (unpaired) electrons. The molecule has 0 spiro atoms. The molecule has 1 aliphatic heterocycles. The quantitative estimate of drug-likeness (QED) is 0.931. The predicted molar refractivity (Wildman–Crippen MR) is 78.9 cm³/mol. The normalized spacial score (nSPS) is 14.2. The number of hydrogen-bond acceptors (Lipinski definition) is 3. The summed E-state index contributed by atoms with van der Waals surface area (Å²) in [4.78, 5) is 13.8. The molecule has 0 aromatic heterocycles. The molecule has 0 atom stereocenters. The minimum Gasteiger partial charge on any atom is -0.488 e. The fraction of sp³-hybridized carbons (Fsp3) is 0.400. The summed E-state index contributed by atoms with van der Waals surface area (Å²) in [7, 11) is 1.66. The molecule has 0 aliphatic carbocycles. The van der Waals surface area contributed by atoms with Gasteiger partial charge in [0.05, 0.1) is 11.2 Å². The van der Waals surface area contributed by atoms with E-state index in [0.717, 1.165) is 11.3 Å². The Morgan fingerprint density at radius 1 is 1.50 bits per heavy atom. The lowest BCUT2D eigenvalue weighted by Crippen LogP contribution is -2.41. The largest absolute Gasteiger partial charge is 0.488 e. The van der Waals surface area contributed by atoms with Crippen molar-refractivity contribution in [2.45, 2.75) is 19.4 Å². The highest BCUT2D eigenvalue weighted by molar-refractivity contribution is 6.30. The smallest absolute Gasteiger partial charge is 0.253 e. The molecule has 108 valence electrons. The summed E-state index contributed by atoms with van der Waals surface area (Å²) < 4.78 is 5.56. The number of halogens is 1. The second-order valence-electron chi connectivity index (χ2n) is 5.61.